The molecule has 3 aromatic carbocycles. The Morgan fingerprint density at radius 2 is 0.969 bits per heavy atom. The number of rotatable bonds is 6. The number of nitro benzene ring substituents is 2. The van der Waals surface area contributed by atoms with Crippen molar-refractivity contribution < 1.29 is 28.6 Å². The van der Waals surface area contributed by atoms with E-state index in [1.165, 1.54) is 24.3 Å². The zero-order chi connectivity index (χ0) is 22.2. The smallest absolute Gasteiger partial charge is 0.301 e. The molecule has 0 N–H and O–H groups in total. The fourth-order valence-electron chi connectivity index (χ4n) is 2.95. The summed E-state index contributed by atoms with van der Waals surface area (Å²) < 4.78 is 20.7. The zero-order valence-electron chi connectivity index (χ0n) is 15.6. The number of ether oxygens (including phenoxy) is 2. The molecule has 2 aromatic heterocycles. The lowest BCUT2D eigenvalue weighted by atomic mass is 10.2. The van der Waals surface area contributed by atoms with Gasteiger partial charge in [-0.3, -0.25) is 20.2 Å². The van der Waals surface area contributed by atoms with Crippen molar-refractivity contribution in [3.8, 4) is 23.0 Å². The van der Waals surface area contributed by atoms with E-state index in [1.807, 2.05) is 0 Å². The summed E-state index contributed by atoms with van der Waals surface area (Å²) >= 11 is 0. The molecular weight excluding hydrogens is 428 g/mol. The summed E-state index contributed by atoms with van der Waals surface area (Å²) in [6.07, 6.45) is 0. The molecule has 0 fully saturated rings. The van der Waals surface area contributed by atoms with Gasteiger partial charge in [0.15, 0.2) is 22.5 Å². The Morgan fingerprint density at radius 1 is 0.594 bits per heavy atom. The van der Waals surface area contributed by atoms with Crippen LogP contribution in [0.5, 0.6) is 23.0 Å². The van der Waals surface area contributed by atoms with Crippen LogP contribution in [-0.4, -0.2) is 30.5 Å². The fraction of sp³-hybridized carbons (Fsp3) is 0. The van der Waals surface area contributed by atoms with Gasteiger partial charge in [0, 0.05) is 12.1 Å². The van der Waals surface area contributed by atoms with E-state index in [1.54, 1.807) is 24.3 Å². The van der Waals surface area contributed by atoms with Gasteiger partial charge in [0.25, 0.3) is 0 Å². The molecule has 0 atom stereocenters. The first-order valence-electron chi connectivity index (χ1n) is 8.76. The molecular formula is C18H8N6O8. The summed E-state index contributed by atoms with van der Waals surface area (Å²) in [6.45, 7) is 0. The highest BCUT2D eigenvalue weighted by Gasteiger charge is 2.22. The summed E-state index contributed by atoms with van der Waals surface area (Å²) in [6, 6.07) is 11.6. The number of hydrogen-bond acceptors (Lipinski definition) is 12. The Bertz CT molecular complexity index is 1380. The second-order valence-electron chi connectivity index (χ2n) is 6.28. The Hall–Kier alpha value is -5.14. The SMILES string of the molecule is O=[N+]([O-])c1ccc(Oc2ccc(Oc3ccc([N+](=O)[O-])c4nonc34)cc2)c2nonc12. The molecule has 0 spiro atoms. The van der Waals surface area contributed by atoms with Crippen molar-refractivity contribution in [2.24, 2.45) is 0 Å². The van der Waals surface area contributed by atoms with E-state index in [-0.39, 0.29) is 44.9 Å². The van der Waals surface area contributed by atoms with E-state index in [2.05, 4.69) is 29.9 Å². The third kappa shape index (κ3) is 3.17. The molecule has 0 radical (unpaired) electrons. The average Bonchev–Trinajstić information content (AvgIpc) is 3.45. The van der Waals surface area contributed by atoms with Crippen LogP contribution in [0, 0.1) is 20.2 Å². The molecule has 14 heteroatoms. The minimum absolute atomic E-state index is 0.0316. The maximum Gasteiger partial charge on any atom is 0.301 e. The second kappa shape index (κ2) is 7.28. The Labute approximate surface area is 175 Å². The Morgan fingerprint density at radius 3 is 1.34 bits per heavy atom. The summed E-state index contributed by atoms with van der Waals surface area (Å²) in [4.78, 5) is 21.0. The fourth-order valence-corrected chi connectivity index (χ4v) is 2.95. The topological polar surface area (TPSA) is 183 Å². The third-order valence-electron chi connectivity index (χ3n) is 4.39. The normalized spacial score (nSPS) is 11.0. The van der Waals surface area contributed by atoms with Gasteiger partial charge in [0.2, 0.25) is 11.0 Å². The first kappa shape index (κ1) is 18.9. The molecule has 0 saturated carbocycles. The highest BCUT2D eigenvalue weighted by Crippen LogP contribution is 2.36. The number of benzene rings is 3. The molecule has 32 heavy (non-hydrogen) atoms. The molecule has 0 aliphatic heterocycles. The number of fused-ring (bicyclic) bond motifs is 2. The van der Waals surface area contributed by atoms with Gasteiger partial charge in [-0.2, -0.15) is 0 Å². The molecule has 0 aliphatic rings. The monoisotopic (exact) mass is 436 g/mol. The molecule has 0 aliphatic carbocycles. The zero-order valence-corrected chi connectivity index (χ0v) is 15.6. The van der Waals surface area contributed by atoms with Crippen LogP contribution < -0.4 is 9.47 Å². The number of aromatic nitrogens is 4. The van der Waals surface area contributed by atoms with Crippen molar-refractivity contribution >= 4 is 33.4 Å². The second-order valence-corrected chi connectivity index (χ2v) is 6.28. The summed E-state index contributed by atoms with van der Waals surface area (Å²) in [7, 11) is 0. The van der Waals surface area contributed by atoms with E-state index in [0.717, 1.165) is 0 Å². The van der Waals surface area contributed by atoms with E-state index in [9.17, 15) is 20.2 Å². The molecule has 0 unspecified atom stereocenters. The van der Waals surface area contributed by atoms with Gasteiger partial charge in [-0.1, -0.05) is 0 Å². The minimum Gasteiger partial charge on any atom is -0.455 e. The van der Waals surface area contributed by atoms with Gasteiger partial charge in [0.1, 0.15) is 11.5 Å². The molecule has 5 aromatic rings. The molecule has 0 amide bonds. The number of hydrogen-bond donors (Lipinski definition) is 0. The van der Waals surface area contributed by atoms with Gasteiger partial charge >= 0.3 is 11.4 Å². The van der Waals surface area contributed by atoms with E-state index >= 15 is 0 Å². The molecule has 2 heterocycles. The highest BCUT2D eigenvalue weighted by molar-refractivity contribution is 5.89. The molecule has 14 nitrogen and oxygen atoms in total. The van der Waals surface area contributed by atoms with Crippen LogP contribution in [0.3, 0.4) is 0 Å². The van der Waals surface area contributed by atoms with Gasteiger partial charge in [0.05, 0.1) is 9.85 Å². The first-order valence-corrected chi connectivity index (χ1v) is 8.76. The maximum atomic E-state index is 11.1. The molecule has 0 saturated heterocycles. The van der Waals surface area contributed by atoms with Crippen LogP contribution >= 0.6 is 0 Å². The summed E-state index contributed by atoms with van der Waals surface area (Å²) in [5.41, 5.74) is -0.368. The van der Waals surface area contributed by atoms with Gasteiger partial charge < -0.3 is 9.47 Å². The first-order chi connectivity index (χ1) is 15.5. The lowest BCUT2D eigenvalue weighted by Crippen LogP contribution is -1.93. The molecule has 158 valence electrons. The van der Waals surface area contributed by atoms with Crippen LogP contribution in [0.25, 0.3) is 22.1 Å². The third-order valence-corrected chi connectivity index (χ3v) is 4.39. The largest absolute Gasteiger partial charge is 0.455 e. The summed E-state index contributed by atoms with van der Waals surface area (Å²) in [5, 5.41) is 36.6. The standard InChI is InChI=1S/C18H8N6O8/c25-23(26)11-5-7-13(17-15(11)19-31-21-17)29-9-1-2-10(4-3-9)30-14-8-6-12(24(27)28)16-18(14)22-32-20-16/h1-8H. The number of nitrogens with zero attached hydrogens (tertiary/aromatic N) is 6. The number of non-ortho nitro benzene ring substituents is 2. The van der Waals surface area contributed by atoms with E-state index in [0.29, 0.717) is 11.5 Å². The van der Waals surface area contributed by atoms with Gasteiger partial charge in [-0.15, -0.1) is 0 Å². The number of nitro groups is 2. The van der Waals surface area contributed by atoms with Crippen molar-refractivity contribution in [1.29, 1.82) is 0 Å². The lowest BCUT2D eigenvalue weighted by molar-refractivity contribution is -0.383. The highest BCUT2D eigenvalue weighted by atomic mass is 16.6. The average molecular weight is 436 g/mol. The van der Waals surface area contributed by atoms with E-state index in [4.69, 9.17) is 9.47 Å². The van der Waals surface area contributed by atoms with Crippen LogP contribution in [0.1, 0.15) is 0 Å². The van der Waals surface area contributed by atoms with Crippen molar-refractivity contribution in [1.82, 2.24) is 20.6 Å². The van der Waals surface area contributed by atoms with Gasteiger partial charge in [-0.05, 0) is 57.0 Å². The molecule has 0 bridgehead atoms. The van der Waals surface area contributed by atoms with Crippen LogP contribution in [0.4, 0.5) is 11.4 Å². The quantitative estimate of drug-likeness (QED) is 0.274. The van der Waals surface area contributed by atoms with Gasteiger partial charge in [-0.25, -0.2) is 9.26 Å². The maximum absolute atomic E-state index is 11.1. The lowest BCUT2D eigenvalue weighted by Gasteiger charge is -2.08. The van der Waals surface area contributed by atoms with E-state index < -0.39 is 9.85 Å². The Balaban J connectivity index is 1.39. The van der Waals surface area contributed by atoms with Crippen molar-refractivity contribution in [2.75, 3.05) is 0 Å². The van der Waals surface area contributed by atoms with Crippen molar-refractivity contribution in [3.63, 3.8) is 0 Å². The van der Waals surface area contributed by atoms with Crippen LogP contribution in [0.15, 0.2) is 57.8 Å². The van der Waals surface area contributed by atoms with Crippen LogP contribution in [0.2, 0.25) is 0 Å². The summed E-state index contributed by atoms with van der Waals surface area (Å²) in [5.74, 6) is 1.19. The predicted octanol–water partition coefficient (Wildman–Crippen LogP) is 4.16. The molecule has 5 rings (SSSR count). The van der Waals surface area contributed by atoms with Crippen molar-refractivity contribution in [3.05, 3.63) is 68.8 Å². The predicted molar refractivity (Wildman–Crippen MR) is 104 cm³/mol. The minimum atomic E-state index is -0.595. The van der Waals surface area contributed by atoms with Crippen molar-refractivity contribution in [2.45, 2.75) is 0 Å². The Kier molecular flexibility index (Phi) is 4.29. The van der Waals surface area contributed by atoms with Crippen LogP contribution in [-0.2, 0) is 0 Å².